The van der Waals surface area contributed by atoms with Crippen molar-refractivity contribution in [3.05, 3.63) is 46.8 Å². The number of aromatic nitrogens is 1. The molecule has 1 spiro atoms. The van der Waals surface area contributed by atoms with Gasteiger partial charge in [-0.05, 0) is 31.5 Å². The second kappa shape index (κ2) is 8.37. The number of benzene rings is 1. The molecular formula is C22H29N3O5S. The Balaban J connectivity index is 1.46. The normalized spacial score (nSPS) is 22.9. The van der Waals surface area contributed by atoms with Crippen LogP contribution in [0, 0.1) is 19.3 Å². The minimum absolute atomic E-state index is 0.128. The number of likely N-dealkylation sites (tertiary alicyclic amines) is 1. The molecule has 168 valence electrons. The molecule has 3 heterocycles. The molecule has 2 fully saturated rings. The van der Waals surface area contributed by atoms with Crippen LogP contribution in [0.25, 0.3) is 0 Å². The highest BCUT2D eigenvalue weighted by atomic mass is 32.2. The summed E-state index contributed by atoms with van der Waals surface area (Å²) in [6.45, 7) is 8.30. The lowest BCUT2D eigenvalue weighted by molar-refractivity contribution is -0.128. The van der Waals surface area contributed by atoms with Crippen molar-refractivity contribution in [3.63, 3.8) is 0 Å². The van der Waals surface area contributed by atoms with Crippen LogP contribution in [-0.2, 0) is 32.5 Å². The van der Waals surface area contributed by atoms with Gasteiger partial charge in [-0.1, -0.05) is 17.3 Å². The molecule has 1 unspecified atom stereocenters. The van der Waals surface area contributed by atoms with Crippen LogP contribution in [0.1, 0.15) is 29.0 Å². The van der Waals surface area contributed by atoms with E-state index >= 15 is 0 Å². The lowest BCUT2D eigenvalue weighted by Gasteiger charge is -2.31. The summed E-state index contributed by atoms with van der Waals surface area (Å²) in [4.78, 5) is 17.4. The molecule has 4 rings (SSSR count). The van der Waals surface area contributed by atoms with Gasteiger partial charge in [-0.15, -0.1) is 0 Å². The second-order valence-electron chi connectivity index (χ2n) is 8.91. The van der Waals surface area contributed by atoms with Crippen molar-refractivity contribution in [1.82, 2.24) is 15.0 Å². The summed E-state index contributed by atoms with van der Waals surface area (Å²) in [5.41, 5.74) is 2.59. The van der Waals surface area contributed by atoms with Crippen LogP contribution in [-0.4, -0.2) is 68.4 Å². The summed E-state index contributed by atoms with van der Waals surface area (Å²) in [6.07, 6.45) is 1.67. The van der Waals surface area contributed by atoms with Gasteiger partial charge in [0.15, 0.2) is 9.84 Å². The summed E-state index contributed by atoms with van der Waals surface area (Å²) in [5.74, 6) is 0.880. The second-order valence-corrected chi connectivity index (χ2v) is 10.9. The molecule has 8 nitrogen and oxygen atoms in total. The van der Waals surface area contributed by atoms with E-state index in [0.29, 0.717) is 44.2 Å². The van der Waals surface area contributed by atoms with Crippen molar-refractivity contribution < 1.29 is 22.5 Å². The first kappa shape index (κ1) is 22.0. The Morgan fingerprint density at radius 1 is 1.13 bits per heavy atom. The van der Waals surface area contributed by atoms with Gasteiger partial charge in [-0.25, -0.2) is 8.42 Å². The summed E-state index contributed by atoms with van der Waals surface area (Å²) < 4.78 is 34.6. The molecule has 31 heavy (non-hydrogen) atoms. The van der Waals surface area contributed by atoms with Crippen molar-refractivity contribution in [3.8, 4) is 0 Å². The van der Waals surface area contributed by atoms with E-state index in [1.807, 2.05) is 30.9 Å². The molecule has 0 radical (unpaired) electrons. The van der Waals surface area contributed by atoms with Crippen molar-refractivity contribution >= 4 is 15.7 Å². The smallest absolute Gasteiger partial charge is 0.223 e. The molecule has 0 saturated carbocycles. The Hall–Kier alpha value is -2.23. The van der Waals surface area contributed by atoms with Gasteiger partial charge in [0, 0.05) is 49.8 Å². The monoisotopic (exact) mass is 447 g/mol. The molecule has 0 N–H and O–H groups in total. The zero-order chi connectivity index (χ0) is 22.2. The quantitative estimate of drug-likeness (QED) is 0.692. The number of carbonyl (C=O) groups excluding carboxylic acids is 1. The minimum Gasteiger partial charge on any atom is -0.379 e. The van der Waals surface area contributed by atoms with Crippen LogP contribution in [0.3, 0.4) is 0 Å². The number of hydrogen-bond acceptors (Lipinski definition) is 7. The number of aryl methyl sites for hydroxylation is 2. The molecule has 1 atom stereocenters. The van der Waals surface area contributed by atoms with Gasteiger partial charge in [0.2, 0.25) is 5.91 Å². The third-order valence-electron chi connectivity index (χ3n) is 6.21. The Bertz CT molecular complexity index is 1040. The molecule has 0 aliphatic carbocycles. The minimum atomic E-state index is -3.20. The predicted molar refractivity (Wildman–Crippen MR) is 114 cm³/mol. The van der Waals surface area contributed by atoms with Crippen LogP contribution < -0.4 is 0 Å². The number of carbonyl (C=O) groups is 1. The summed E-state index contributed by atoms with van der Waals surface area (Å²) in [5, 5.41) is 4.00. The topological polar surface area (TPSA) is 92.9 Å². The first-order valence-electron chi connectivity index (χ1n) is 10.4. The van der Waals surface area contributed by atoms with Gasteiger partial charge in [-0.3, -0.25) is 9.69 Å². The molecule has 1 aromatic heterocycles. The molecule has 2 aromatic rings. The van der Waals surface area contributed by atoms with Crippen LogP contribution >= 0.6 is 0 Å². The van der Waals surface area contributed by atoms with Gasteiger partial charge in [-0.2, -0.15) is 0 Å². The van der Waals surface area contributed by atoms with E-state index in [2.05, 4.69) is 10.1 Å². The largest absolute Gasteiger partial charge is 0.379 e. The van der Waals surface area contributed by atoms with Crippen molar-refractivity contribution in [2.45, 2.75) is 38.3 Å². The fraction of sp³-hybridized carbons (Fsp3) is 0.545. The van der Waals surface area contributed by atoms with E-state index in [4.69, 9.17) is 9.26 Å². The zero-order valence-electron chi connectivity index (χ0n) is 18.3. The van der Waals surface area contributed by atoms with E-state index in [0.717, 1.165) is 35.7 Å². The molecule has 2 saturated heterocycles. The van der Waals surface area contributed by atoms with E-state index in [1.165, 1.54) is 6.26 Å². The fourth-order valence-electron chi connectivity index (χ4n) is 4.56. The van der Waals surface area contributed by atoms with E-state index in [1.54, 1.807) is 12.1 Å². The molecule has 1 aromatic carbocycles. The number of hydrogen-bond donors (Lipinski definition) is 0. The van der Waals surface area contributed by atoms with Crippen molar-refractivity contribution in [2.24, 2.45) is 5.41 Å². The number of ether oxygens (including phenoxy) is 1. The van der Waals surface area contributed by atoms with Crippen molar-refractivity contribution in [2.75, 3.05) is 39.1 Å². The van der Waals surface area contributed by atoms with E-state index < -0.39 is 9.84 Å². The van der Waals surface area contributed by atoms with Crippen LogP contribution in [0.15, 0.2) is 33.7 Å². The maximum Gasteiger partial charge on any atom is 0.223 e. The van der Waals surface area contributed by atoms with Crippen molar-refractivity contribution in [1.29, 1.82) is 0 Å². The Labute approximate surface area is 183 Å². The molecule has 2 aliphatic rings. The van der Waals surface area contributed by atoms with Gasteiger partial charge in [0.05, 0.1) is 30.3 Å². The molecule has 9 heteroatoms. The maximum absolute atomic E-state index is 12.8. The average molecular weight is 448 g/mol. The molecule has 0 bridgehead atoms. The fourth-order valence-corrected chi connectivity index (χ4v) is 5.19. The van der Waals surface area contributed by atoms with E-state index in [9.17, 15) is 13.2 Å². The third kappa shape index (κ3) is 4.83. The third-order valence-corrected chi connectivity index (χ3v) is 7.34. The zero-order valence-corrected chi connectivity index (χ0v) is 19.1. The number of nitrogens with zero attached hydrogens (tertiary/aromatic N) is 3. The average Bonchev–Trinajstić information content (AvgIpc) is 3.09. The highest BCUT2D eigenvalue weighted by Gasteiger charge is 2.45. The Morgan fingerprint density at radius 3 is 2.52 bits per heavy atom. The number of amides is 1. The molecule has 2 aliphatic heterocycles. The van der Waals surface area contributed by atoms with Gasteiger partial charge in [0.1, 0.15) is 5.76 Å². The summed E-state index contributed by atoms with van der Waals surface area (Å²) in [6, 6.07) is 7.02. The van der Waals surface area contributed by atoms with E-state index in [-0.39, 0.29) is 11.3 Å². The lowest BCUT2D eigenvalue weighted by atomic mass is 9.87. The highest BCUT2D eigenvalue weighted by Crippen LogP contribution is 2.36. The standard InChI is InChI=1S/C22H29N3O5S/c1-16-20(17(2)30-23-16)12-25-14-22(10-21(25)26)13-24(8-9-29-15-22)11-18-4-6-19(7-5-18)31(3,27)28/h4-7H,8-15H2,1-3H3. The van der Waals surface area contributed by atoms with Crippen LogP contribution in [0.5, 0.6) is 0 Å². The van der Waals surface area contributed by atoms with Gasteiger partial charge in [0.25, 0.3) is 0 Å². The predicted octanol–water partition coefficient (Wildman–Crippen LogP) is 1.95. The highest BCUT2D eigenvalue weighted by molar-refractivity contribution is 7.90. The maximum atomic E-state index is 12.8. The van der Waals surface area contributed by atoms with Crippen LogP contribution in [0.2, 0.25) is 0 Å². The number of rotatable bonds is 5. The summed E-state index contributed by atoms with van der Waals surface area (Å²) >= 11 is 0. The lowest BCUT2D eigenvalue weighted by Crippen LogP contribution is -2.40. The van der Waals surface area contributed by atoms with Crippen LogP contribution in [0.4, 0.5) is 0 Å². The molecular weight excluding hydrogens is 418 g/mol. The summed E-state index contributed by atoms with van der Waals surface area (Å²) in [7, 11) is -3.20. The molecule has 1 amide bonds. The first-order valence-corrected chi connectivity index (χ1v) is 12.3. The van der Waals surface area contributed by atoms with Gasteiger partial charge < -0.3 is 14.2 Å². The SMILES string of the molecule is Cc1noc(C)c1CN1CC2(COCCN(Cc3ccc(S(C)(=O)=O)cc3)C2)CC1=O. The Kier molecular flexibility index (Phi) is 5.93. The number of sulfone groups is 1. The van der Waals surface area contributed by atoms with Gasteiger partial charge >= 0.3 is 0 Å². The first-order chi connectivity index (χ1) is 14.7. The Morgan fingerprint density at radius 2 is 1.87 bits per heavy atom.